The third-order valence-corrected chi connectivity index (χ3v) is 3.88. The molecule has 0 saturated heterocycles. The molecule has 0 aromatic carbocycles. The zero-order valence-electron chi connectivity index (χ0n) is 9.18. The van der Waals surface area contributed by atoms with E-state index >= 15 is 0 Å². The van der Waals surface area contributed by atoms with Crippen LogP contribution in [0.3, 0.4) is 0 Å². The van der Waals surface area contributed by atoms with E-state index in [1.165, 1.54) is 5.57 Å². The van der Waals surface area contributed by atoms with Crippen molar-refractivity contribution in [2.45, 2.75) is 26.2 Å². The Morgan fingerprint density at radius 1 is 1.75 bits per heavy atom. The Morgan fingerprint density at radius 3 is 2.94 bits per heavy atom. The number of fused-ring (bicyclic) bond motifs is 1. The zero-order valence-corrected chi connectivity index (χ0v) is 9.18. The fourth-order valence-electron chi connectivity index (χ4n) is 3.40. The van der Waals surface area contributed by atoms with Crippen molar-refractivity contribution >= 4 is 5.97 Å². The monoisotopic (exact) mass is 225 g/mol. The quantitative estimate of drug-likeness (QED) is 0.448. The van der Waals surface area contributed by atoms with Gasteiger partial charge in [0.05, 0.1) is 11.8 Å². The van der Waals surface area contributed by atoms with Crippen LogP contribution in [0.4, 0.5) is 0 Å². The van der Waals surface area contributed by atoms with Crippen molar-refractivity contribution in [1.82, 2.24) is 0 Å². The topological polar surface area (TPSA) is 80.4 Å². The average Bonchev–Trinajstić information content (AvgIpc) is 2.40. The van der Waals surface area contributed by atoms with Crippen LogP contribution in [-0.4, -0.2) is 22.5 Å². The molecule has 2 rings (SSSR count). The molecule has 0 spiro atoms. The van der Waals surface area contributed by atoms with Crippen LogP contribution in [0.5, 0.6) is 0 Å². The van der Waals surface area contributed by atoms with Gasteiger partial charge in [-0.25, -0.2) is 0 Å². The maximum atomic E-state index is 10.8. The summed E-state index contributed by atoms with van der Waals surface area (Å²) in [7, 11) is 0. The van der Waals surface area contributed by atoms with Crippen LogP contribution in [-0.2, 0) is 4.79 Å². The van der Waals surface area contributed by atoms with E-state index in [1.54, 1.807) is 0 Å². The molecule has 1 fully saturated rings. The number of rotatable bonds is 4. The largest absolute Gasteiger partial charge is 0.481 e. The van der Waals surface area contributed by atoms with Crippen molar-refractivity contribution in [3.8, 4) is 0 Å². The molecule has 0 heterocycles. The van der Waals surface area contributed by atoms with Gasteiger partial charge in [-0.15, -0.1) is 0 Å². The average molecular weight is 225 g/mol. The van der Waals surface area contributed by atoms with Crippen molar-refractivity contribution in [2.24, 2.45) is 17.3 Å². The maximum Gasteiger partial charge on any atom is 0.304 e. The highest BCUT2D eigenvalue weighted by Gasteiger charge is 2.58. The fraction of sp³-hybridized carbons (Fsp3) is 0.727. The molecule has 1 N–H and O–H groups in total. The second-order valence-electron chi connectivity index (χ2n) is 5.13. The first-order chi connectivity index (χ1) is 7.43. The molecule has 2 aliphatic carbocycles. The second-order valence-corrected chi connectivity index (χ2v) is 5.13. The van der Waals surface area contributed by atoms with Gasteiger partial charge in [-0.3, -0.25) is 14.9 Å². The lowest BCUT2D eigenvalue weighted by Gasteiger charge is -2.48. The highest BCUT2D eigenvalue weighted by atomic mass is 16.6. The van der Waals surface area contributed by atoms with Gasteiger partial charge in [0.2, 0.25) is 6.54 Å². The summed E-state index contributed by atoms with van der Waals surface area (Å²) in [6.45, 7) is 1.79. The fourth-order valence-corrected chi connectivity index (χ4v) is 3.40. The number of nitrogens with zero attached hydrogens (tertiary/aromatic N) is 1. The molecule has 1 saturated carbocycles. The molecule has 2 aliphatic rings. The first-order valence-corrected chi connectivity index (χ1v) is 5.44. The number of allylic oxidation sites excluding steroid dienone is 2. The predicted molar refractivity (Wildman–Crippen MR) is 56.5 cm³/mol. The third kappa shape index (κ3) is 1.70. The van der Waals surface area contributed by atoms with E-state index in [4.69, 9.17) is 5.11 Å². The molecule has 88 valence electrons. The van der Waals surface area contributed by atoms with Gasteiger partial charge in [0.1, 0.15) is 0 Å². The van der Waals surface area contributed by atoms with Crippen LogP contribution in [0.15, 0.2) is 11.6 Å². The summed E-state index contributed by atoms with van der Waals surface area (Å²) < 4.78 is 0. The van der Waals surface area contributed by atoms with Gasteiger partial charge in [-0.1, -0.05) is 11.6 Å². The van der Waals surface area contributed by atoms with Gasteiger partial charge < -0.3 is 5.11 Å². The van der Waals surface area contributed by atoms with Gasteiger partial charge in [0.15, 0.2) is 0 Å². The van der Waals surface area contributed by atoms with Crippen LogP contribution in [0.1, 0.15) is 26.2 Å². The van der Waals surface area contributed by atoms with Gasteiger partial charge in [0, 0.05) is 4.92 Å². The number of carboxylic acids is 1. The van der Waals surface area contributed by atoms with E-state index in [0.717, 1.165) is 6.42 Å². The SMILES string of the molecule is CC1=C[C@H]2[C@@H](C1)C[C@]2(CC(=O)O)C[N+](=O)[O-]. The Labute approximate surface area is 93.3 Å². The molecule has 0 aliphatic heterocycles. The molecule has 0 aromatic rings. The normalized spacial score (nSPS) is 36.2. The Hall–Kier alpha value is -1.39. The molecule has 3 atom stereocenters. The first-order valence-electron chi connectivity index (χ1n) is 5.44. The predicted octanol–water partition coefficient (Wildman–Crippen LogP) is 1.71. The van der Waals surface area contributed by atoms with E-state index in [2.05, 4.69) is 0 Å². The number of carbonyl (C=O) groups is 1. The smallest absolute Gasteiger partial charge is 0.304 e. The van der Waals surface area contributed by atoms with Gasteiger partial charge in [0.25, 0.3) is 0 Å². The van der Waals surface area contributed by atoms with Crippen molar-refractivity contribution < 1.29 is 14.8 Å². The summed E-state index contributed by atoms with van der Waals surface area (Å²) in [6, 6.07) is 0. The lowest BCUT2D eigenvalue weighted by atomic mass is 9.53. The summed E-state index contributed by atoms with van der Waals surface area (Å²) in [6.07, 6.45) is 3.61. The Bertz CT molecular complexity index is 358. The molecular weight excluding hydrogens is 210 g/mol. The molecular formula is C11H15NO4. The van der Waals surface area contributed by atoms with E-state index in [-0.39, 0.29) is 23.8 Å². The Kier molecular flexibility index (Phi) is 2.48. The second kappa shape index (κ2) is 3.57. The van der Waals surface area contributed by atoms with Crippen molar-refractivity contribution in [3.63, 3.8) is 0 Å². The molecule has 0 bridgehead atoms. The first kappa shape index (κ1) is 11.1. The van der Waals surface area contributed by atoms with Crippen LogP contribution in [0.2, 0.25) is 0 Å². The number of aliphatic carboxylic acids is 1. The van der Waals surface area contributed by atoms with E-state index < -0.39 is 11.4 Å². The Morgan fingerprint density at radius 2 is 2.44 bits per heavy atom. The minimum Gasteiger partial charge on any atom is -0.481 e. The third-order valence-electron chi connectivity index (χ3n) is 3.88. The highest BCUT2D eigenvalue weighted by Crippen LogP contribution is 2.59. The number of hydrogen-bond acceptors (Lipinski definition) is 3. The van der Waals surface area contributed by atoms with Gasteiger partial charge in [-0.05, 0) is 31.6 Å². The minimum atomic E-state index is -0.932. The standard InChI is InChI=1S/C11H15NO4/c1-7-2-8-4-11(5-10(13)14,6-12(15)16)9(8)3-7/h3,8-9H,2,4-6H2,1H3,(H,13,14)/t8-,9-,11-/m0/s1. The van der Waals surface area contributed by atoms with Crippen molar-refractivity contribution in [2.75, 3.05) is 6.54 Å². The lowest BCUT2D eigenvalue weighted by molar-refractivity contribution is -0.505. The molecule has 0 unspecified atom stereocenters. The summed E-state index contributed by atoms with van der Waals surface area (Å²) >= 11 is 0. The van der Waals surface area contributed by atoms with Crippen LogP contribution in [0.25, 0.3) is 0 Å². The maximum absolute atomic E-state index is 10.8. The number of hydrogen-bond donors (Lipinski definition) is 1. The number of nitro groups is 1. The van der Waals surface area contributed by atoms with E-state index in [1.807, 2.05) is 13.0 Å². The molecule has 16 heavy (non-hydrogen) atoms. The molecule has 0 aromatic heterocycles. The highest BCUT2D eigenvalue weighted by molar-refractivity contribution is 5.68. The summed E-state index contributed by atoms with van der Waals surface area (Å²) in [5.41, 5.74) is 0.614. The molecule has 5 heteroatoms. The van der Waals surface area contributed by atoms with Crippen LogP contribution in [0, 0.1) is 27.4 Å². The van der Waals surface area contributed by atoms with Crippen molar-refractivity contribution in [3.05, 3.63) is 21.8 Å². The van der Waals surface area contributed by atoms with Crippen LogP contribution >= 0.6 is 0 Å². The molecule has 0 radical (unpaired) electrons. The summed E-state index contributed by atoms with van der Waals surface area (Å²) in [5.74, 6) is -0.383. The van der Waals surface area contributed by atoms with Crippen LogP contribution < -0.4 is 0 Å². The Balaban J connectivity index is 2.17. The summed E-state index contributed by atoms with van der Waals surface area (Å²) in [5, 5.41) is 19.5. The summed E-state index contributed by atoms with van der Waals surface area (Å²) in [4.78, 5) is 21.1. The van der Waals surface area contributed by atoms with Gasteiger partial charge in [-0.2, -0.15) is 0 Å². The van der Waals surface area contributed by atoms with E-state index in [0.29, 0.717) is 12.3 Å². The molecule has 5 nitrogen and oxygen atoms in total. The zero-order chi connectivity index (χ0) is 11.9. The molecule has 0 amide bonds. The lowest BCUT2D eigenvalue weighted by Crippen LogP contribution is -2.50. The van der Waals surface area contributed by atoms with Gasteiger partial charge >= 0.3 is 5.97 Å². The van der Waals surface area contributed by atoms with Crippen molar-refractivity contribution in [1.29, 1.82) is 0 Å². The number of carboxylic acid groups (broad SMARTS) is 1. The minimum absolute atomic E-state index is 0.0844. The van der Waals surface area contributed by atoms with E-state index in [9.17, 15) is 14.9 Å².